The number of carbonyl (C=O) groups is 1. The molecule has 7 nitrogen and oxygen atoms in total. The number of ether oxygens (including phenoxy) is 1. The molecule has 0 heterocycles. The lowest BCUT2D eigenvalue weighted by Crippen LogP contribution is -2.43. The Balaban J connectivity index is 0.00000676. The van der Waals surface area contributed by atoms with E-state index in [0.717, 1.165) is 19.6 Å². The second-order valence-electron chi connectivity index (χ2n) is 6.22. The molecule has 0 aliphatic carbocycles. The van der Waals surface area contributed by atoms with E-state index < -0.39 is 0 Å². The SMILES string of the molecule is CCN(CCNC(=NCC(=O)N(C)C)NCCOC)c1cccc(C)c1.I. The summed E-state index contributed by atoms with van der Waals surface area (Å²) in [6, 6.07) is 8.48. The minimum absolute atomic E-state index is 0. The molecule has 0 unspecified atom stereocenters. The maximum atomic E-state index is 11.8. The maximum absolute atomic E-state index is 11.8. The van der Waals surface area contributed by atoms with E-state index in [0.29, 0.717) is 19.1 Å². The summed E-state index contributed by atoms with van der Waals surface area (Å²) in [5.41, 5.74) is 2.46. The summed E-state index contributed by atoms with van der Waals surface area (Å²) in [7, 11) is 5.11. The number of rotatable bonds is 10. The summed E-state index contributed by atoms with van der Waals surface area (Å²) < 4.78 is 5.06. The van der Waals surface area contributed by atoms with Gasteiger partial charge in [0.15, 0.2) is 5.96 Å². The van der Waals surface area contributed by atoms with E-state index in [9.17, 15) is 4.79 Å². The third-order valence-electron chi connectivity index (χ3n) is 3.89. The topological polar surface area (TPSA) is 69.2 Å². The Bertz CT molecular complexity index is 581. The molecule has 1 aromatic rings. The fourth-order valence-electron chi connectivity index (χ4n) is 2.34. The molecular weight excluding hydrogens is 457 g/mol. The minimum atomic E-state index is -0.0345. The molecule has 0 saturated carbocycles. The number of aryl methyl sites for hydroxylation is 1. The van der Waals surface area contributed by atoms with Crippen molar-refractivity contribution in [2.75, 3.05) is 65.4 Å². The molecule has 0 atom stereocenters. The molecule has 1 amide bonds. The van der Waals surface area contributed by atoms with Gasteiger partial charge in [-0.15, -0.1) is 24.0 Å². The third-order valence-corrected chi connectivity index (χ3v) is 3.89. The van der Waals surface area contributed by atoms with Crippen LogP contribution in [-0.4, -0.2) is 77.3 Å². The van der Waals surface area contributed by atoms with Crippen molar-refractivity contribution in [2.24, 2.45) is 4.99 Å². The van der Waals surface area contributed by atoms with Crippen LogP contribution in [0.3, 0.4) is 0 Å². The molecule has 0 aliphatic heterocycles. The highest BCUT2D eigenvalue weighted by atomic mass is 127. The van der Waals surface area contributed by atoms with E-state index in [1.807, 2.05) is 0 Å². The number of aliphatic imine (C=N–C) groups is 1. The minimum Gasteiger partial charge on any atom is -0.383 e. The number of benzene rings is 1. The summed E-state index contributed by atoms with van der Waals surface area (Å²) in [4.78, 5) is 19.9. The first-order chi connectivity index (χ1) is 12.5. The summed E-state index contributed by atoms with van der Waals surface area (Å²) in [5.74, 6) is 0.588. The standard InChI is InChI=1S/C19H33N5O2.HI/c1-6-24(17-9-7-8-16(2)14-17)12-10-20-19(21-11-13-26-5)22-15-18(25)23(3)4;/h7-9,14H,6,10-13,15H2,1-5H3,(H2,20,21,22);1H. The first-order valence-electron chi connectivity index (χ1n) is 9.00. The normalized spacial score (nSPS) is 10.8. The van der Waals surface area contributed by atoms with E-state index in [1.54, 1.807) is 21.2 Å². The van der Waals surface area contributed by atoms with Crippen molar-refractivity contribution in [2.45, 2.75) is 13.8 Å². The van der Waals surface area contributed by atoms with Crippen molar-refractivity contribution in [3.8, 4) is 0 Å². The van der Waals surface area contributed by atoms with Crippen LogP contribution in [0.15, 0.2) is 29.3 Å². The molecule has 1 aromatic carbocycles. The number of methoxy groups -OCH3 is 1. The highest BCUT2D eigenvalue weighted by Crippen LogP contribution is 2.14. The average Bonchev–Trinajstić information content (AvgIpc) is 2.62. The van der Waals surface area contributed by atoms with Crippen molar-refractivity contribution in [1.29, 1.82) is 0 Å². The lowest BCUT2D eigenvalue weighted by Gasteiger charge is -2.24. The Morgan fingerprint density at radius 1 is 1.22 bits per heavy atom. The number of hydrogen-bond acceptors (Lipinski definition) is 4. The second-order valence-corrected chi connectivity index (χ2v) is 6.22. The van der Waals surface area contributed by atoms with Gasteiger partial charge in [-0.1, -0.05) is 12.1 Å². The van der Waals surface area contributed by atoms with E-state index in [2.05, 4.69) is 58.6 Å². The van der Waals surface area contributed by atoms with Crippen LogP contribution in [0.5, 0.6) is 0 Å². The molecule has 0 bridgehead atoms. The van der Waals surface area contributed by atoms with Crippen LogP contribution in [0.2, 0.25) is 0 Å². The summed E-state index contributed by atoms with van der Waals surface area (Å²) >= 11 is 0. The summed E-state index contributed by atoms with van der Waals surface area (Å²) in [6.07, 6.45) is 0. The van der Waals surface area contributed by atoms with Gasteiger partial charge >= 0.3 is 0 Å². The van der Waals surface area contributed by atoms with E-state index in [-0.39, 0.29) is 36.4 Å². The van der Waals surface area contributed by atoms with Gasteiger partial charge in [0.25, 0.3) is 0 Å². The fraction of sp³-hybridized carbons (Fsp3) is 0.579. The lowest BCUT2D eigenvalue weighted by molar-refractivity contribution is -0.127. The van der Waals surface area contributed by atoms with Crippen molar-refractivity contribution < 1.29 is 9.53 Å². The van der Waals surface area contributed by atoms with Crippen LogP contribution in [0.4, 0.5) is 5.69 Å². The second kappa shape index (κ2) is 14.5. The van der Waals surface area contributed by atoms with Gasteiger partial charge in [0, 0.05) is 53.1 Å². The molecule has 0 aliphatic rings. The molecule has 0 aromatic heterocycles. The quantitative estimate of drug-likeness (QED) is 0.226. The predicted molar refractivity (Wildman–Crippen MR) is 123 cm³/mol. The average molecular weight is 491 g/mol. The van der Waals surface area contributed by atoms with Crippen molar-refractivity contribution in [1.82, 2.24) is 15.5 Å². The molecular formula is C19H34IN5O2. The molecule has 2 N–H and O–H groups in total. The van der Waals surface area contributed by atoms with E-state index in [4.69, 9.17) is 4.74 Å². The molecule has 8 heteroatoms. The Kier molecular flexibility index (Phi) is 13.7. The molecule has 1 rings (SSSR count). The van der Waals surface area contributed by atoms with E-state index in [1.165, 1.54) is 16.2 Å². The van der Waals surface area contributed by atoms with Gasteiger partial charge in [-0.25, -0.2) is 4.99 Å². The van der Waals surface area contributed by atoms with Crippen LogP contribution in [0.1, 0.15) is 12.5 Å². The number of hydrogen-bond donors (Lipinski definition) is 2. The molecule has 0 saturated heterocycles. The molecule has 154 valence electrons. The summed E-state index contributed by atoms with van der Waals surface area (Å²) in [6.45, 7) is 8.05. The number of guanidine groups is 1. The van der Waals surface area contributed by atoms with Crippen molar-refractivity contribution in [3.63, 3.8) is 0 Å². The van der Waals surface area contributed by atoms with Crippen LogP contribution < -0.4 is 15.5 Å². The molecule has 0 fully saturated rings. The first kappa shape index (κ1) is 25.4. The Morgan fingerprint density at radius 2 is 1.93 bits per heavy atom. The van der Waals surface area contributed by atoms with Gasteiger partial charge in [-0.05, 0) is 31.5 Å². The number of nitrogens with one attached hydrogen (secondary N) is 2. The van der Waals surface area contributed by atoms with Crippen LogP contribution in [0.25, 0.3) is 0 Å². The largest absolute Gasteiger partial charge is 0.383 e. The number of amides is 1. The van der Waals surface area contributed by atoms with Gasteiger partial charge < -0.3 is 25.2 Å². The van der Waals surface area contributed by atoms with Gasteiger partial charge in [0.05, 0.1) is 6.61 Å². The molecule has 27 heavy (non-hydrogen) atoms. The van der Waals surface area contributed by atoms with Gasteiger partial charge in [0.1, 0.15) is 6.54 Å². The number of halogens is 1. The van der Waals surface area contributed by atoms with Crippen molar-refractivity contribution in [3.05, 3.63) is 29.8 Å². The summed E-state index contributed by atoms with van der Waals surface area (Å²) in [5, 5.41) is 6.47. The monoisotopic (exact) mass is 491 g/mol. The third kappa shape index (κ3) is 10.4. The fourth-order valence-corrected chi connectivity index (χ4v) is 2.34. The maximum Gasteiger partial charge on any atom is 0.243 e. The Hall–Kier alpha value is -1.55. The van der Waals surface area contributed by atoms with Crippen LogP contribution in [-0.2, 0) is 9.53 Å². The number of likely N-dealkylation sites (N-methyl/N-ethyl adjacent to an activating group) is 2. The van der Waals surface area contributed by atoms with Gasteiger partial charge in [-0.2, -0.15) is 0 Å². The smallest absolute Gasteiger partial charge is 0.243 e. The molecule has 0 spiro atoms. The van der Waals surface area contributed by atoms with Gasteiger partial charge in [-0.3, -0.25) is 4.79 Å². The van der Waals surface area contributed by atoms with E-state index >= 15 is 0 Å². The number of carbonyl (C=O) groups excluding carboxylic acids is 1. The molecule has 0 radical (unpaired) electrons. The van der Waals surface area contributed by atoms with Crippen molar-refractivity contribution >= 4 is 41.5 Å². The highest BCUT2D eigenvalue weighted by molar-refractivity contribution is 14.0. The number of nitrogens with zero attached hydrogens (tertiary/aromatic N) is 3. The Labute approximate surface area is 180 Å². The lowest BCUT2D eigenvalue weighted by atomic mass is 10.2. The highest BCUT2D eigenvalue weighted by Gasteiger charge is 2.07. The zero-order chi connectivity index (χ0) is 19.4. The zero-order valence-corrected chi connectivity index (χ0v) is 19.4. The predicted octanol–water partition coefficient (Wildman–Crippen LogP) is 1.71. The first-order valence-corrected chi connectivity index (χ1v) is 9.00. The zero-order valence-electron chi connectivity index (χ0n) is 17.1. The van der Waals surface area contributed by atoms with Crippen LogP contribution >= 0.6 is 24.0 Å². The van der Waals surface area contributed by atoms with Crippen LogP contribution in [0, 0.1) is 6.92 Å². The Morgan fingerprint density at radius 3 is 2.52 bits per heavy atom. The number of anilines is 1. The van der Waals surface area contributed by atoms with Gasteiger partial charge in [0.2, 0.25) is 5.91 Å².